The molecule has 2 heteroatoms. The van der Waals surface area contributed by atoms with Gasteiger partial charge in [-0.25, -0.2) is 0 Å². The summed E-state index contributed by atoms with van der Waals surface area (Å²) < 4.78 is 0. The van der Waals surface area contributed by atoms with Gasteiger partial charge in [0.2, 0.25) is 0 Å². The lowest BCUT2D eigenvalue weighted by Gasteiger charge is -2.02. The fraction of sp³-hybridized carbons (Fsp3) is 0.333. The van der Waals surface area contributed by atoms with Crippen molar-refractivity contribution in [1.82, 2.24) is 0 Å². The molecule has 0 aromatic carbocycles. The fourth-order valence-electron chi connectivity index (χ4n) is 0.903. The number of hydrogen-bond donors (Lipinski definition) is 0. The topological polar surface area (TPSA) is 40.9 Å². The fourth-order valence-corrected chi connectivity index (χ4v) is 0.903. The summed E-state index contributed by atoms with van der Waals surface area (Å²) in [5.41, 5.74) is 1.12. The highest BCUT2D eigenvalue weighted by Gasteiger charge is 2.07. The number of rotatable bonds is 4. The third-order valence-corrected chi connectivity index (χ3v) is 1.77. The molecule has 0 fully saturated rings. The first-order valence-corrected chi connectivity index (χ1v) is 4.48. The van der Waals surface area contributed by atoms with Crippen LogP contribution in [0.1, 0.15) is 20.8 Å². The molecule has 0 N–H and O–H groups in total. The minimum absolute atomic E-state index is 0.00563. The number of allylic oxidation sites excluding steroid dienone is 5. The third-order valence-electron chi connectivity index (χ3n) is 1.77. The summed E-state index contributed by atoms with van der Waals surface area (Å²) in [5, 5.41) is 8.58. The molecule has 0 aromatic rings. The number of carbonyl (C=O) groups is 1. The number of ketones is 1. The van der Waals surface area contributed by atoms with Crippen molar-refractivity contribution in [3.63, 3.8) is 0 Å². The Balaban J connectivity index is 4.71. The summed E-state index contributed by atoms with van der Waals surface area (Å²) in [6, 6.07) is 1.96. The SMILES string of the molecule is C=C/C(C#N)=C\C=C(/C)C(=O)C(C)C. The van der Waals surface area contributed by atoms with Gasteiger partial charge in [0.25, 0.3) is 0 Å². The molecule has 74 valence electrons. The van der Waals surface area contributed by atoms with Crippen LogP contribution >= 0.6 is 0 Å². The monoisotopic (exact) mass is 189 g/mol. The predicted octanol–water partition coefficient (Wildman–Crippen LogP) is 2.79. The van der Waals surface area contributed by atoms with Gasteiger partial charge in [-0.15, -0.1) is 0 Å². The zero-order valence-electron chi connectivity index (χ0n) is 8.87. The van der Waals surface area contributed by atoms with Crippen LogP contribution < -0.4 is 0 Å². The summed E-state index contributed by atoms with van der Waals surface area (Å²) in [4.78, 5) is 11.4. The summed E-state index contributed by atoms with van der Waals surface area (Å²) in [6.45, 7) is 8.93. The second-order valence-corrected chi connectivity index (χ2v) is 3.31. The van der Waals surface area contributed by atoms with E-state index < -0.39 is 0 Å². The van der Waals surface area contributed by atoms with Crippen molar-refractivity contribution in [2.75, 3.05) is 0 Å². The van der Waals surface area contributed by atoms with Crippen molar-refractivity contribution in [3.05, 3.63) is 36.0 Å². The van der Waals surface area contributed by atoms with E-state index in [1.807, 2.05) is 19.9 Å². The van der Waals surface area contributed by atoms with Gasteiger partial charge in [0.1, 0.15) is 0 Å². The van der Waals surface area contributed by atoms with Crippen LogP contribution in [0.25, 0.3) is 0 Å². The highest BCUT2D eigenvalue weighted by Crippen LogP contribution is 2.06. The normalized spacial score (nSPS) is 12.5. The molecule has 0 rings (SSSR count). The Morgan fingerprint density at radius 3 is 2.36 bits per heavy atom. The molecule has 0 radical (unpaired) electrons. The molecule has 0 saturated heterocycles. The molecule has 0 unspecified atom stereocenters. The van der Waals surface area contributed by atoms with Gasteiger partial charge in [0.05, 0.1) is 11.6 Å². The van der Waals surface area contributed by atoms with Gasteiger partial charge in [-0.05, 0) is 18.6 Å². The smallest absolute Gasteiger partial charge is 0.161 e. The van der Waals surface area contributed by atoms with Gasteiger partial charge >= 0.3 is 0 Å². The molecule has 0 aromatic heterocycles. The maximum absolute atomic E-state index is 11.4. The van der Waals surface area contributed by atoms with Crippen LogP contribution in [-0.4, -0.2) is 5.78 Å². The number of nitriles is 1. The summed E-state index contributed by atoms with van der Waals surface area (Å²) in [6.07, 6.45) is 4.72. The highest BCUT2D eigenvalue weighted by molar-refractivity contribution is 5.96. The number of hydrogen-bond acceptors (Lipinski definition) is 2. The van der Waals surface area contributed by atoms with E-state index in [9.17, 15) is 4.79 Å². The molecule has 2 nitrogen and oxygen atoms in total. The first-order chi connectivity index (χ1) is 6.52. The molecule has 0 heterocycles. The average Bonchev–Trinajstić information content (AvgIpc) is 2.17. The van der Waals surface area contributed by atoms with Crippen LogP contribution in [-0.2, 0) is 4.79 Å². The molecule has 0 spiro atoms. The van der Waals surface area contributed by atoms with E-state index in [-0.39, 0.29) is 11.7 Å². The van der Waals surface area contributed by atoms with E-state index in [0.717, 1.165) is 0 Å². The van der Waals surface area contributed by atoms with Crippen LogP contribution in [0.3, 0.4) is 0 Å². The van der Waals surface area contributed by atoms with Gasteiger partial charge in [-0.1, -0.05) is 32.6 Å². The van der Waals surface area contributed by atoms with Crippen LogP contribution in [0.15, 0.2) is 36.0 Å². The Morgan fingerprint density at radius 2 is 2.00 bits per heavy atom. The van der Waals surface area contributed by atoms with Crippen LogP contribution in [0.4, 0.5) is 0 Å². The summed E-state index contributed by atoms with van der Waals surface area (Å²) in [5.74, 6) is 0.0940. The highest BCUT2D eigenvalue weighted by atomic mass is 16.1. The largest absolute Gasteiger partial charge is 0.294 e. The predicted molar refractivity (Wildman–Crippen MR) is 57.5 cm³/mol. The van der Waals surface area contributed by atoms with E-state index in [1.54, 1.807) is 19.1 Å². The second-order valence-electron chi connectivity index (χ2n) is 3.31. The van der Waals surface area contributed by atoms with Crippen LogP contribution in [0, 0.1) is 17.2 Å². The van der Waals surface area contributed by atoms with Gasteiger partial charge in [0.15, 0.2) is 5.78 Å². The number of Topliss-reactive ketones (excluding diaryl/α,β-unsaturated/α-hetero) is 1. The molecule has 0 amide bonds. The van der Waals surface area contributed by atoms with Crippen molar-refractivity contribution in [2.45, 2.75) is 20.8 Å². The molecule has 0 aliphatic rings. The maximum Gasteiger partial charge on any atom is 0.161 e. The maximum atomic E-state index is 11.4. The minimum Gasteiger partial charge on any atom is -0.294 e. The van der Waals surface area contributed by atoms with E-state index in [2.05, 4.69) is 6.58 Å². The quantitative estimate of drug-likeness (QED) is 0.387. The molecule has 0 saturated carbocycles. The molecule has 0 atom stereocenters. The standard InChI is InChI=1S/C12H15NO/c1-5-11(8-13)7-6-10(4)12(14)9(2)3/h5-7,9H,1H2,2-4H3/b10-6+,11-7+. The molecular weight excluding hydrogens is 174 g/mol. The van der Waals surface area contributed by atoms with Crippen molar-refractivity contribution >= 4 is 5.78 Å². The van der Waals surface area contributed by atoms with Crippen LogP contribution in [0.2, 0.25) is 0 Å². The van der Waals surface area contributed by atoms with Gasteiger partial charge < -0.3 is 0 Å². The summed E-state index contributed by atoms with van der Waals surface area (Å²) in [7, 11) is 0. The lowest BCUT2D eigenvalue weighted by atomic mass is 10.0. The third kappa shape index (κ3) is 3.86. The van der Waals surface area contributed by atoms with E-state index in [0.29, 0.717) is 11.1 Å². The molecule has 14 heavy (non-hydrogen) atoms. The lowest BCUT2D eigenvalue weighted by molar-refractivity contribution is -0.118. The van der Waals surface area contributed by atoms with E-state index in [4.69, 9.17) is 5.26 Å². The minimum atomic E-state index is -0.00563. The first kappa shape index (κ1) is 12.4. The number of carbonyl (C=O) groups excluding carboxylic acids is 1. The Bertz CT molecular complexity index is 327. The molecular formula is C12H15NO. The summed E-state index contributed by atoms with van der Waals surface area (Å²) >= 11 is 0. The lowest BCUT2D eigenvalue weighted by Crippen LogP contribution is -2.07. The second kappa shape index (κ2) is 5.93. The Kier molecular flexibility index (Phi) is 5.24. The van der Waals surface area contributed by atoms with Crippen molar-refractivity contribution in [1.29, 1.82) is 5.26 Å². The Labute approximate surface area is 85.2 Å². The van der Waals surface area contributed by atoms with Gasteiger partial charge in [0, 0.05) is 5.92 Å². The molecule has 0 aliphatic heterocycles. The van der Waals surface area contributed by atoms with Gasteiger partial charge in [-0.3, -0.25) is 4.79 Å². The Hall–Kier alpha value is -1.62. The molecule has 0 bridgehead atoms. The average molecular weight is 189 g/mol. The molecule has 0 aliphatic carbocycles. The van der Waals surface area contributed by atoms with E-state index in [1.165, 1.54) is 6.08 Å². The zero-order valence-corrected chi connectivity index (χ0v) is 8.87. The van der Waals surface area contributed by atoms with Gasteiger partial charge in [-0.2, -0.15) is 5.26 Å². The Morgan fingerprint density at radius 1 is 1.43 bits per heavy atom. The van der Waals surface area contributed by atoms with E-state index >= 15 is 0 Å². The number of nitrogens with zero attached hydrogens (tertiary/aromatic N) is 1. The van der Waals surface area contributed by atoms with Crippen LogP contribution in [0.5, 0.6) is 0 Å². The first-order valence-electron chi connectivity index (χ1n) is 4.48. The van der Waals surface area contributed by atoms with Crippen molar-refractivity contribution < 1.29 is 4.79 Å². The van der Waals surface area contributed by atoms with Crippen molar-refractivity contribution in [3.8, 4) is 6.07 Å². The van der Waals surface area contributed by atoms with Crippen molar-refractivity contribution in [2.24, 2.45) is 5.92 Å². The zero-order chi connectivity index (χ0) is 11.1.